The fourth-order valence-corrected chi connectivity index (χ4v) is 2.58. The highest BCUT2D eigenvalue weighted by Gasteiger charge is 2.30. The van der Waals surface area contributed by atoms with Crippen LogP contribution in [-0.2, 0) is 9.59 Å². The standard InChI is InChI=1S/C15H18ClFN2O2/c1-8(2)14(10-4-3-9(16)7-11(10)17)19-15(21)12-5-6-13(20)18-12/h3-4,7-8,12,14H,5-6H2,1-2H3,(H,18,20)(H,19,21)/t12-,14+/m1/s1. The first-order valence-electron chi connectivity index (χ1n) is 6.93. The largest absolute Gasteiger partial charge is 0.347 e. The molecule has 1 fully saturated rings. The summed E-state index contributed by atoms with van der Waals surface area (Å²) in [6.45, 7) is 3.79. The molecular weight excluding hydrogens is 295 g/mol. The van der Waals surface area contributed by atoms with Crippen molar-refractivity contribution in [3.63, 3.8) is 0 Å². The van der Waals surface area contributed by atoms with Crippen LogP contribution in [0.3, 0.4) is 0 Å². The second-order valence-electron chi connectivity index (χ2n) is 5.55. The molecule has 0 aliphatic carbocycles. The van der Waals surface area contributed by atoms with Gasteiger partial charge in [0.25, 0.3) is 0 Å². The van der Waals surface area contributed by atoms with Crippen LogP contribution in [0.25, 0.3) is 0 Å². The van der Waals surface area contributed by atoms with E-state index in [1.165, 1.54) is 6.07 Å². The second kappa shape index (κ2) is 6.43. The third-order valence-electron chi connectivity index (χ3n) is 3.57. The van der Waals surface area contributed by atoms with E-state index in [-0.39, 0.29) is 17.7 Å². The molecule has 0 aromatic heterocycles. The molecule has 2 N–H and O–H groups in total. The Balaban J connectivity index is 2.16. The van der Waals surface area contributed by atoms with Crippen molar-refractivity contribution >= 4 is 23.4 Å². The monoisotopic (exact) mass is 312 g/mol. The number of hydrogen-bond acceptors (Lipinski definition) is 2. The maximum atomic E-state index is 14.0. The van der Waals surface area contributed by atoms with E-state index in [9.17, 15) is 14.0 Å². The molecular formula is C15H18ClFN2O2. The third-order valence-corrected chi connectivity index (χ3v) is 3.81. The molecule has 21 heavy (non-hydrogen) atoms. The van der Waals surface area contributed by atoms with Gasteiger partial charge in [-0.1, -0.05) is 31.5 Å². The number of amides is 2. The number of carbonyl (C=O) groups excluding carboxylic acids is 2. The van der Waals surface area contributed by atoms with Crippen LogP contribution in [0, 0.1) is 11.7 Å². The Hall–Kier alpha value is -1.62. The Morgan fingerprint density at radius 3 is 2.71 bits per heavy atom. The van der Waals surface area contributed by atoms with E-state index < -0.39 is 17.9 Å². The van der Waals surface area contributed by atoms with Crippen LogP contribution < -0.4 is 10.6 Å². The van der Waals surface area contributed by atoms with Gasteiger partial charge in [0.1, 0.15) is 11.9 Å². The summed E-state index contributed by atoms with van der Waals surface area (Å²) in [5, 5.41) is 5.74. The number of benzene rings is 1. The molecule has 6 heteroatoms. The van der Waals surface area contributed by atoms with Gasteiger partial charge in [0.15, 0.2) is 0 Å². The number of halogens is 2. The third kappa shape index (κ3) is 3.73. The van der Waals surface area contributed by atoms with Crippen LogP contribution in [0.5, 0.6) is 0 Å². The molecule has 114 valence electrons. The predicted octanol–water partition coefficient (Wildman–Crippen LogP) is 2.57. The van der Waals surface area contributed by atoms with E-state index >= 15 is 0 Å². The summed E-state index contributed by atoms with van der Waals surface area (Å²) >= 11 is 5.75. The Bertz CT molecular complexity index is 563. The van der Waals surface area contributed by atoms with Crippen molar-refractivity contribution in [2.45, 2.75) is 38.8 Å². The zero-order chi connectivity index (χ0) is 15.6. The molecule has 2 rings (SSSR count). The first kappa shape index (κ1) is 15.8. The summed E-state index contributed by atoms with van der Waals surface area (Å²) in [6, 6.07) is 3.41. The molecule has 1 saturated heterocycles. The molecule has 2 atom stereocenters. The van der Waals surface area contributed by atoms with Crippen molar-refractivity contribution in [3.8, 4) is 0 Å². The van der Waals surface area contributed by atoms with Gasteiger partial charge < -0.3 is 10.6 Å². The fourth-order valence-electron chi connectivity index (χ4n) is 2.42. The molecule has 2 amide bonds. The van der Waals surface area contributed by atoms with E-state index in [0.29, 0.717) is 23.4 Å². The summed E-state index contributed by atoms with van der Waals surface area (Å²) in [4.78, 5) is 23.4. The molecule has 0 bridgehead atoms. The first-order chi connectivity index (χ1) is 9.88. The minimum Gasteiger partial charge on any atom is -0.347 e. The lowest BCUT2D eigenvalue weighted by Gasteiger charge is -2.25. The number of carbonyl (C=O) groups is 2. The Morgan fingerprint density at radius 2 is 2.19 bits per heavy atom. The highest BCUT2D eigenvalue weighted by atomic mass is 35.5. The summed E-state index contributed by atoms with van der Waals surface area (Å²) < 4.78 is 14.0. The van der Waals surface area contributed by atoms with Gasteiger partial charge in [-0.2, -0.15) is 0 Å². The Labute approximate surface area is 128 Å². The van der Waals surface area contributed by atoms with Crippen molar-refractivity contribution in [1.29, 1.82) is 0 Å². The van der Waals surface area contributed by atoms with Gasteiger partial charge in [-0.05, 0) is 24.5 Å². The van der Waals surface area contributed by atoms with Crippen LogP contribution in [0.1, 0.15) is 38.3 Å². The zero-order valence-electron chi connectivity index (χ0n) is 12.0. The van der Waals surface area contributed by atoms with Gasteiger partial charge in [-0.25, -0.2) is 4.39 Å². The van der Waals surface area contributed by atoms with Crippen LogP contribution in [0.2, 0.25) is 5.02 Å². The van der Waals surface area contributed by atoms with Gasteiger partial charge in [0.05, 0.1) is 6.04 Å². The summed E-state index contributed by atoms with van der Waals surface area (Å²) in [5.74, 6) is -0.860. The molecule has 4 nitrogen and oxygen atoms in total. The average Bonchev–Trinajstić information content (AvgIpc) is 2.83. The minimum atomic E-state index is -0.533. The molecule has 1 aliphatic rings. The maximum Gasteiger partial charge on any atom is 0.243 e. The zero-order valence-corrected chi connectivity index (χ0v) is 12.7. The van der Waals surface area contributed by atoms with E-state index in [1.54, 1.807) is 12.1 Å². The first-order valence-corrected chi connectivity index (χ1v) is 7.31. The minimum absolute atomic E-state index is 0.00160. The van der Waals surface area contributed by atoms with Crippen LogP contribution in [-0.4, -0.2) is 17.9 Å². The quantitative estimate of drug-likeness (QED) is 0.897. The number of hydrogen-bond donors (Lipinski definition) is 2. The highest BCUT2D eigenvalue weighted by Crippen LogP contribution is 2.26. The molecule has 1 heterocycles. The average molecular weight is 313 g/mol. The van der Waals surface area contributed by atoms with Crippen molar-refractivity contribution in [3.05, 3.63) is 34.6 Å². The van der Waals surface area contributed by atoms with Gasteiger partial charge in [0.2, 0.25) is 11.8 Å². The van der Waals surface area contributed by atoms with E-state index in [0.717, 1.165) is 0 Å². The normalized spacial score (nSPS) is 19.5. The van der Waals surface area contributed by atoms with Crippen LogP contribution in [0.15, 0.2) is 18.2 Å². The second-order valence-corrected chi connectivity index (χ2v) is 5.99. The van der Waals surface area contributed by atoms with Gasteiger partial charge in [0, 0.05) is 17.0 Å². The predicted molar refractivity (Wildman–Crippen MR) is 78.3 cm³/mol. The van der Waals surface area contributed by atoms with Crippen LogP contribution >= 0.6 is 11.6 Å². The Kier molecular flexibility index (Phi) is 4.83. The lowest BCUT2D eigenvalue weighted by molar-refractivity contribution is -0.126. The lowest BCUT2D eigenvalue weighted by atomic mass is 9.95. The molecule has 1 aliphatic heterocycles. The van der Waals surface area contributed by atoms with Gasteiger partial charge in [-0.15, -0.1) is 0 Å². The SMILES string of the molecule is CC(C)[C@H](NC(=O)[C@H]1CCC(=O)N1)c1ccc(Cl)cc1F. The summed E-state index contributed by atoms with van der Waals surface area (Å²) in [7, 11) is 0. The van der Waals surface area contributed by atoms with Crippen LogP contribution in [0.4, 0.5) is 4.39 Å². The van der Waals surface area contributed by atoms with E-state index in [2.05, 4.69) is 10.6 Å². The van der Waals surface area contributed by atoms with Crippen molar-refractivity contribution in [2.75, 3.05) is 0 Å². The Morgan fingerprint density at radius 1 is 1.48 bits per heavy atom. The van der Waals surface area contributed by atoms with Gasteiger partial charge >= 0.3 is 0 Å². The smallest absolute Gasteiger partial charge is 0.243 e. The number of nitrogens with one attached hydrogen (secondary N) is 2. The van der Waals surface area contributed by atoms with Crippen molar-refractivity contribution in [2.24, 2.45) is 5.92 Å². The highest BCUT2D eigenvalue weighted by molar-refractivity contribution is 6.30. The topological polar surface area (TPSA) is 58.2 Å². The molecule has 0 radical (unpaired) electrons. The molecule has 0 saturated carbocycles. The van der Waals surface area contributed by atoms with Gasteiger partial charge in [-0.3, -0.25) is 9.59 Å². The maximum absolute atomic E-state index is 14.0. The van der Waals surface area contributed by atoms with Crippen molar-refractivity contribution in [1.82, 2.24) is 10.6 Å². The van der Waals surface area contributed by atoms with Crippen molar-refractivity contribution < 1.29 is 14.0 Å². The fraction of sp³-hybridized carbons (Fsp3) is 0.467. The van der Waals surface area contributed by atoms with E-state index in [1.807, 2.05) is 13.8 Å². The molecule has 0 spiro atoms. The summed E-state index contributed by atoms with van der Waals surface area (Å²) in [6.07, 6.45) is 0.818. The molecule has 1 aromatic carbocycles. The number of rotatable bonds is 4. The molecule has 0 unspecified atom stereocenters. The molecule has 1 aromatic rings. The summed E-state index contributed by atoms with van der Waals surface area (Å²) in [5.41, 5.74) is 0.395. The van der Waals surface area contributed by atoms with E-state index in [4.69, 9.17) is 11.6 Å². The lowest BCUT2D eigenvalue weighted by Crippen LogP contribution is -2.44.